The Morgan fingerprint density at radius 3 is 2.50 bits per heavy atom. The molecule has 1 fully saturated rings. The van der Waals surface area contributed by atoms with Crippen LogP contribution in [-0.2, 0) is 9.59 Å². The molecule has 1 heterocycles. The minimum absolute atomic E-state index is 0.0641. The van der Waals surface area contributed by atoms with Crippen LogP contribution in [0.4, 0.5) is 11.4 Å². The molecule has 0 aliphatic carbocycles. The van der Waals surface area contributed by atoms with E-state index in [2.05, 4.69) is 5.32 Å². The zero-order valence-electron chi connectivity index (χ0n) is 12.4. The molecule has 1 aliphatic heterocycles. The molecule has 1 saturated heterocycles. The lowest BCUT2D eigenvalue weighted by atomic mass is 10.0. The maximum absolute atomic E-state index is 12.5. The van der Waals surface area contributed by atoms with Gasteiger partial charge in [-0.05, 0) is 25.5 Å². The molecule has 2 unspecified atom stereocenters. The highest BCUT2D eigenvalue weighted by atomic mass is 16.2. The first kappa shape index (κ1) is 14.4. The van der Waals surface area contributed by atoms with E-state index in [1.54, 1.807) is 11.8 Å². The van der Waals surface area contributed by atoms with E-state index in [4.69, 9.17) is 0 Å². The zero-order chi connectivity index (χ0) is 14.9. The molecule has 5 nitrogen and oxygen atoms in total. The number of carbonyl (C=O) groups excluding carboxylic acids is 2. The molecule has 1 aromatic rings. The summed E-state index contributed by atoms with van der Waals surface area (Å²) in [6.45, 7) is 3.64. The van der Waals surface area contributed by atoms with E-state index in [-0.39, 0.29) is 11.8 Å². The van der Waals surface area contributed by atoms with Gasteiger partial charge in [-0.1, -0.05) is 19.1 Å². The molecular formula is C15H21N3O2. The predicted molar refractivity (Wildman–Crippen MR) is 79.9 cm³/mol. The van der Waals surface area contributed by atoms with Crippen molar-refractivity contribution < 1.29 is 9.59 Å². The number of piperazine rings is 1. The van der Waals surface area contributed by atoms with Crippen molar-refractivity contribution in [2.75, 3.05) is 23.9 Å². The number of hydrogen-bond acceptors (Lipinski definition) is 3. The van der Waals surface area contributed by atoms with Crippen molar-refractivity contribution >= 4 is 23.2 Å². The maximum atomic E-state index is 12.5. The normalized spacial score (nSPS) is 22.7. The highest BCUT2D eigenvalue weighted by molar-refractivity contribution is 6.09. The summed E-state index contributed by atoms with van der Waals surface area (Å²) in [5, 5.41) is 2.73. The lowest BCUT2D eigenvalue weighted by molar-refractivity contribution is -0.133. The van der Waals surface area contributed by atoms with Gasteiger partial charge in [-0.3, -0.25) is 14.5 Å². The van der Waals surface area contributed by atoms with Gasteiger partial charge in [0, 0.05) is 14.1 Å². The van der Waals surface area contributed by atoms with Gasteiger partial charge in [0.1, 0.15) is 12.1 Å². The Balaban J connectivity index is 2.52. The van der Waals surface area contributed by atoms with Crippen molar-refractivity contribution in [3.05, 3.63) is 24.3 Å². The third-order valence-corrected chi connectivity index (χ3v) is 3.59. The fourth-order valence-corrected chi connectivity index (χ4v) is 2.55. The average Bonchev–Trinajstić information content (AvgIpc) is 2.42. The third-order valence-electron chi connectivity index (χ3n) is 3.59. The Morgan fingerprint density at radius 1 is 1.25 bits per heavy atom. The number of rotatable bonds is 3. The van der Waals surface area contributed by atoms with Crippen LogP contribution in [-0.4, -0.2) is 38.0 Å². The minimum Gasteiger partial charge on any atom is -0.376 e. The summed E-state index contributed by atoms with van der Waals surface area (Å²) in [6.07, 6.45) is 0.589. The molecule has 2 amide bonds. The average molecular weight is 275 g/mol. The van der Waals surface area contributed by atoms with Crippen LogP contribution in [0, 0.1) is 0 Å². The Hall–Kier alpha value is -2.04. The lowest BCUT2D eigenvalue weighted by Crippen LogP contribution is -2.62. The highest BCUT2D eigenvalue weighted by Gasteiger charge is 2.39. The topological polar surface area (TPSA) is 52.7 Å². The first-order chi connectivity index (χ1) is 9.47. The van der Waals surface area contributed by atoms with Crippen LogP contribution in [0.15, 0.2) is 24.3 Å². The maximum Gasteiger partial charge on any atom is 0.250 e. The summed E-state index contributed by atoms with van der Waals surface area (Å²) in [5.74, 6) is -0.154. The van der Waals surface area contributed by atoms with Crippen molar-refractivity contribution in [2.45, 2.75) is 32.4 Å². The van der Waals surface area contributed by atoms with Gasteiger partial charge in [-0.25, -0.2) is 0 Å². The summed E-state index contributed by atoms with van der Waals surface area (Å²) in [4.78, 5) is 28.2. The second kappa shape index (κ2) is 5.53. The number of carbonyl (C=O) groups is 2. The number of hydrogen-bond donors (Lipinski definition) is 1. The van der Waals surface area contributed by atoms with Crippen LogP contribution in [0.25, 0.3) is 0 Å². The minimum atomic E-state index is -0.486. The third kappa shape index (κ3) is 2.35. The lowest BCUT2D eigenvalue weighted by Gasteiger charge is -2.39. The summed E-state index contributed by atoms with van der Waals surface area (Å²) < 4.78 is 0. The molecule has 0 aromatic heterocycles. The number of anilines is 2. The number of para-hydroxylation sites is 2. The number of amides is 2. The second-order valence-electron chi connectivity index (χ2n) is 5.25. The molecule has 0 saturated carbocycles. The highest BCUT2D eigenvalue weighted by Crippen LogP contribution is 2.31. The van der Waals surface area contributed by atoms with E-state index in [0.29, 0.717) is 6.42 Å². The van der Waals surface area contributed by atoms with Crippen molar-refractivity contribution in [2.24, 2.45) is 0 Å². The fraction of sp³-hybridized carbons (Fsp3) is 0.467. The van der Waals surface area contributed by atoms with Gasteiger partial charge >= 0.3 is 0 Å². The molecule has 0 bridgehead atoms. The summed E-state index contributed by atoms with van der Waals surface area (Å²) in [7, 11) is 3.86. The zero-order valence-corrected chi connectivity index (χ0v) is 12.4. The molecule has 0 spiro atoms. The van der Waals surface area contributed by atoms with Crippen LogP contribution in [0.5, 0.6) is 0 Å². The fourth-order valence-electron chi connectivity index (χ4n) is 2.55. The van der Waals surface area contributed by atoms with E-state index in [1.807, 2.05) is 50.2 Å². The van der Waals surface area contributed by atoms with Crippen molar-refractivity contribution in [3.8, 4) is 0 Å². The first-order valence-electron chi connectivity index (χ1n) is 6.87. The van der Waals surface area contributed by atoms with E-state index in [0.717, 1.165) is 11.4 Å². The number of nitrogens with one attached hydrogen (secondary N) is 1. The van der Waals surface area contributed by atoms with E-state index >= 15 is 0 Å². The molecule has 5 heteroatoms. The van der Waals surface area contributed by atoms with Crippen LogP contribution >= 0.6 is 0 Å². The van der Waals surface area contributed by atoms with Crippen molar-refractivity contribution in [3.63, 3.8) is 0 Å². The number of nitrogens with zero attached hydrogens (tertiary/aromatic N) is 2. The van der Waals surface area contributed by atoms with Gasteiger partial charge < -0.3 is 10.2 Å². The Morgan fingerprint density at radius 2 is 1.90 bits per heavy atom. The smallest absolute Gasteiger partial charge is 0.250 e. The van der Waals surface area contributed by atoms with Gasteiger partial charge in [0.2, 0.25) is 11.8 Å². The molecular weight excluding hydrogens is 254 g/mol. The standard InChI is InChI=1S/C15H21N3O2/c1-5-11-14(19)16-10(2)15(20)18(11)13-9-7-6-8-12(13)17(3)4/h6-11H,5H2,1-4H3,(H,16,19). The molecule has 1 aliphatic rings. The van der Waals surface area contributed by atoms with Crippen molar-refractivity contribution in [1.82, 2.24) is 5.32 Å². The SMILES string of the molecule is CCC1C(=O)NC(C)C(=O)N1c1ccccc1N(C)C. The summed E-state index contributed by atoms with van der Waals surface area (Å²) in [6, 6.07) is 6.73. The van der Waals surface area contributed by atoms with E-state index < -0.39 is 12.1 Å². The van der Waals surface area contributed by atoms with Gasteiger partial charge in [0.15, 0.2) is 0 Å². The molecule has 2 atom stereocenters. The molecule has 2 rings (SSSR count). The van der Waals surface area contributed by atoms with Gasteiger partial charge in [0.25, 0.3) is 0 Å². The van der Waals surface area contributed by atoms with Gasteiger partial charge in [-0.15, -0.1) is 0 Å². The molecule has 0 radical (unpaired) electrons. The molecule has 108 valence electrons. The van der Waals surface area contributed by atoms with Gasteiger partial charge in [-0.2, -0.15) is 0 Å². The molecule has 1 N–H and O–H groups in total. The van der Waals surface area contributed by atoms with Crippen LogP contribution in [0.2, 0.25) is 0 Å². The van der Waals surface area contributed by atoms with Gasteiger partial charge in [0.05, 0.1) is 11.4 Å². The summed E-state index contributed by atoms with van der Waals surface area (Å²) in [5.41, 5.74) is 1.72. The van der Waals surface area contributed by atoms with Crippen molar-refractivity contribution in [1.29, 1.82) is 0 Å². The van der Waals surface area contributed by atoms with E-state index in [1.165, 1.54) is 0 Å². The largest absolute Gasteiger partial charge is 0.376 e. The number of benzene rings is 1. The van der Waals surface area contributed by atoms with E-state index in [9.17, 15) is 9.59 Å². The summed E-state index contributed by atoms with van der Waals surface area (Å²) >= 11 is 0. The quantitative estimate of drug-likeness (QED) is 0.907. The van der Waals surface area contributed by atoms with Crippen LogP contribution in [0.1, 0.15) is 20.3 Å². The Labute approximate surface area is 119 Å². The van der Waals surface area contributed by atoms with Crippen LogP contribution < -0.4 is 15.1 Å². The molecule has 20 heavy (non-hydrogen) atoms. The van der Waals surface area contributed by atoms with Crippen LogP contribution in [0.3, 0.4) is 0 Å². The first-order valence-corrected chi connectivity index (χ1v) is 6.87. The molecule has 1 aromatic carbocycles. The predicted octanol–water partition coefficient (Wildman–Crippen LogP) is 1.38. The second-order valence-corrected chi connectivity index (χ2v) is 5.25. The monoisotopic (exact) mass is 275 g/mol. The Kier molecular flexibility index (Phi) is 3.97. The Bertz CT molecular complexity index is 528.